The number of piperazine rings is 1. The van der Waals surface area contributed by atoms with E-state index in [4.69, 9.17) is 23.8 Å². The highest BCUT2D eigenvalue weighted by molar-refractivity contribution is 7.89. The fourth-order valence-corrected chi connectivity index (χ4v) is 4.86. The van der Waals surface area contributed by atoms with Gasteiger partial charge in [-0.2, -0.15) is 4.31 Å². The predicted octanol–water partition coefficient (Wildman–Crippen LogP) is 3.33. The van der Waals surface area contributed by atoms with Crippen LogP contribution in [0.2, 0.25) is 5.02 Å². The maximum atomic E-state index is 12.8. The van der Waals surface area contributed by atoms with Gasteiger partial charge in [0.2, 0.25) is 10.0 Å². The van der Waals surface area contributed by atoms with Crippen molar-refractivity contribution in [2.24, 2.45) is 0 Å². The van der Waals surface area contributed by atoms with Crippen molar-refractivity contribution < 1.29 is 8.42 Å². The Kier molecular flexibility index (Phi) is 5.43. The molecule has 4 nitrogen and oxygen atoms in total. The van der Waals surface area contributed by atoms with E-state index in [9.17, 15) is 8.42 Å². The molecule has 0 N–H and O–H groups in total. The highest BCUT2D eigenvalue weighted by Gasteiger charge is 2.29. The van der Waals surface area contributed by atoms with Crippen LogP contribution >= 0.6 is 23.8 Å². The van der Waals surface area contributed by atoms with Crippen molar-refractivity contribution in [1.29, 1.82) is 0 Å². The Hall–Kier alpha value is -1.47. The van der Waals surface area contributed by atoms with Crippen LogP contribution in [0.5, 0.6) is 0 Å². The van der Waals surface area contributed by atoms with Crippen LogP contribution in [0.1, 0.15) is 11.1 Å². The Balaban J connectivity index is 1.70. The zero-order chi connectivity index (χ0) is 18.0. The maximum absolute atomic E-state index is 12.8. The maximum Gasteiger partial charge on any atom is 0.243 e. The zero-order valence-electron chi connectivity index (χ0n) is 13.9. The number of aryl methyl sites for hydroxylation is 1. The quantitative estimate of drug-likeness (QED) is 0.749. The van der Waals surface area contributed by atoms with Crippen molar-refractivity contribution in [3.8, 4) is 0 Å². The molecule has 2 aromatic carbocycles. The van der Waals surface area contributed by atoms with E-state index in [1.165, 1.54) is 4.31 Å². The summed E-state index contributed by atoms with van der Waals surface area (Å²) < 4.78 is 27.0. The Morgan fingerprint density at radius 2 is 1.60 bits per heavy atom. The lowest BCUT2D eigenvalue weighted by Gasteiger charge is -2.35. The summed E-state index contributed by atoms with van der Waals surface area (Å²) in [6.07, 6.45) is 0. The summed E-state index contributed by atoms with van der Waals surface area (Å²) in [7, 11) is -3.46. The van der Waals surface area contributed by atoms with Gasteiger partial charge < -0.3 is 4.90 Å². The summed E-state index contributed by atoms with van der Waals surface area (Å²) in [6, 6.07) is 14.4. The second kappa shape index (κ2) is 7.41. The number of benzene rings is 2. The molecule has 1 aliphatic heterocycles. The number of rotatable bonds is 3. The number of hydrogen-bond donors (Lipinski definition) is 0. The van der Waals surface area contributed by atoms with Crippen LogP contribution in [-0.2, 0) is 10.0 Å². The van der Waals surface area contributed by atoms with Crippen LogP contribution in [0.15, 0.2) is 53.4 Å². The van der Waals surface area contributed by atoms with Crippen molar-refractivity contribution in [2.75, 3.05) is 26.2 Å². The fourth-order valence-electron chi connectivity index (χ4n) is 2.80. The second-order valence-corrected chi connectivity index (χ2v) is 8.72. The molecule has 2 aromatic rings. The summed E-state index contributed by atoms with van der Waals surface area (Å²) >= 11 is 11.8. The molecule has 0 aliphatic carbocycles. The molecule has 7 heteroatoms. The normalized spacial score (nSPS) is 16.0. The van der Waals surface area contributed by atoms with E-state index >= 15 is 0 Å². The Labute approximate surface area is 159 Å². The molecule has 0 amide bonds. The Morgan fingerprint density at radius 1 is 1.00 bits per heavy atom. The van der Waals surface area contributed by atoms with E-state index in [1.807, 2.05) is 42.2 Å². The standard InChI is InChI=1S/C18H19ClN2O2S2/c1-14-6-8-15(9-7-14)25(22,23)21-12-10-20(11-13-21)18(24)16-4-2-3-5-17(16)19/h2-9H,10-13H2,1H3. The smallest absolute Gasteiger partial charge is 0.243 e. The molecule has 1 fully saturated rings. The first kappa shape index (κ1) is 18.3. The Bertz CT molecular complexity index is 874. The largest absolute Gasteiger partial charge is 0.360 e. The third-order valence-corrected chi connectivity index (χ3v) is 7.01. The van der Waals surface area contributed by atoms with Crippen LogP contribution in [-0.4, -0.2) is 48.8 Å². The van der Waals surface area contributed by atoms with Gasteiger partial charge in [0.1, 0.15) is 4.99 Å². The van der Waals surface area contributed by atoms with Gasteiger partial charge in [-0.3, -0.25) is 0 Å². The molecule has 25 heavy (non-hydrogen) atoms. The lowest BCUT2D eigenvalue weighted by molar-refractivity contribution is 0.269. The summed E-state index contributed by atoms with van der Waals surface area (Å²) in [4.78, 5) is 3.01. The molecule has 0 saturated carbocycles. The highest BCUT2D eigenvalue weighted by Crippen LogP contribution is 2.21. The van der Waals surface area contributed by atoms with E-state index in [-0.39, 0.29) is 0 Å². The first-order valence-electron chi connectivity index (χ1n) is 8.00. The molecule has 0 radical (unpaired) electrons. The molecule has 0 bridgehead atoms. The topological polar surface area (TPSA) is 40.6 Å². The lowest BCUT2D eigenvalue weighted by Crippen LogP contribution is -2.50. The zero-order valence-corrected chi connectivity index (χ0v) is 16.2. The summed E-state index contributed by atoms with van der Waals surface area (Å²) in [5, 5.41) is 0.613. The van der Waals surface area contributed by atoms with Crippen LogP contribution < -0.4 is 0 Å². The van der Waals surface area contributed by atoms with Crippen molar-refractivity contribution >= 4 is 38.8 Å². The fraction of sp³-hybridized carbons (Fsp3) is 0.278. The minimum absolute atomic E-state index is 0.334. The molecule has 3 rings (SSSR count). The number of nitrogens with zero attached hydrogens (tertiary/aromatic N) is 2. The molecule has 1 aliphatic rings. The van der Waals surface area contributed by atoms with Crippen molar-refractivity contribution in [1.82, 2.24) is 9.21 Å². The number of halogens is 1. The van der Waals surface area contributed by atoms with Crippen molar-refractivity contribution in [2.45, 2.75) is 11.8 Å². The molecule has 0 unspecified atom stereocenters. The van der Waals surface area contributed by atoms with Gasteiger partial charge in [-0.15, -0.1) is 0 Å². The molecule has 1 heterocycles. The molecule has 0 atom stereocenters. The molecular formula is C18H19ClN2O2S2. The minimum Gasteiger partial charge on any atom is -0.360 e. The van der Waals surface area contributed by atoms with E-state index < -0.39 is 10.0 Å². The molecule has 0 spiro atoms. The van der Waals surface area contributed by atoms with Gasteiger partial charge in [-0.05, 0) is 25.1 Å². The number of hydrogen-bond acceptors (Lipinski definition) is 3. The first-order valence-corrected chi connectivity index (χ1v) is 10.2. The minimum atomic E-state index is -3.46. The van der Waals surface area contributed by atoms with Gasteiger partial charge >= 0.3 is 0 Å². The third-order valence-electron chi connectivity index (χ3n) is 4.29. The SMILES string of the molecule is Cc1ccc(S(=O)(=O)N2CCN(C(=S)c3ccccc3Cl)CC2)cc1. The summed E-state index contributed by atoms with van der Waals surface area (Å²) in [5.41, 5.74) is 1.85. The van der Waals surface area contributed by atoms with Gasteiger partial charge in [0.15, 0.2) is 0 Å². The predicted molar refractivity (Wildman–Crippen MR) is 105 cm³/mol. The van der Waals surface area contributed by atoms with Gasteiger partial charge in [0.25, 0.3) is 0 Å². The third kappa shape index (κ3) is 3.87. The highest BCUT2D eigenvalue weighted by atomic mass is 35.5. The van der Waals surface area contributed by atoms with Crippen molar-refractivity contribution in [3.63, 3.8) is 0 Å². The monoisotopic (exact) mass is 394 g/mol. The summed E-state index contributed by atoms with van der Waals surface area (Å²) in [5.74, 6) is 0. The van der Waals surface area contributed by atoms with Gasteiger partial charge in [0.05, 0.1) is 9.92 Å². The molecule has 0 aromatic heterocycles. The number of sulfonamides is 1. The molecule has 132 valence electrons. The van der Waals surface area contributed by atoms with Crippen LogP contribution in [0.25, 0.3) is 0 Å². The second-order valence-electron chi connectivity index (χ2n) is 5.99. The van der Waals surface area contributed by atoms with E-state index in [0.29, 0.717) is 41.1 Å². The number of thiocarbonyl (C=S) groups is 1. The molecule has 1 saturated heterocycles. The van der Waals surface area contributed by atoms with E-state index in [0.717, 1.165) is 11.1 Å². The van der Waals surface area contributed by atoms with Crippen LogP contribution in [0.3, 0.4) is 0 Å². The first-order chi connectivity index (χ1) is 11.9. The lowest BCUT2D eigenvalue weighted by atomic mass is 10.2. The Morgan fingerprint density at radius 3 is 2.20 bits per heavy atom. The average molecular weight is 395 g/mol. The van der Waals surface area contributed by atoms with E-state index in [1.54, 1.807) is 18.2 Å². The molecular weight excluding hydrogens is 376 g/mol. The summed E-state index contributed by atoms with van der Waals surface area (Å²) in [6.45, 7) is 3.84. The van der Waals surface area contributed by atoms with Gasteiger partial charge in [-0.25, -0.2) is 8.42 Å². The van der Waals surface area contributed by atoms with Gasteiger partial charge in [-0.1, -0.05) is 59.7 Å². The van der Waals surface area contributed by atoms with Crippen LogP contribution in [0, 0.1) is 6.92 Å². The van der Waals surface area contributed by atoms with Crippen molar-refractivity contribution in [3.05, 3.63) is 64.7 Å². The average Bonchev–Trinajstić information content (AvgIpc) is 2.62. The van der Waals surface area contributed by atoms with Crippen LogP contribution in [0.4, 0.5) is 0 Å². The van der Waals surface area contributed by atoms with E-state index in [2.05, 4.69) is 0 Å². The van der Waals surface area contributed by atoms with Gasteiger partial charge in [0, 0.05) is 31.7 Å².